The molecule has 5 heteroatoms. The van der Waals surface area contributed by atoms with Gasteiger partial charge in [-0.2, -0.15) is 0 Å². The maximum absolute atomic E-state index is 5.80. The van der Waals surface area contributed by atoms with Crippen LogP contribution < -0.4 is 5.73 Å². The van der Waals surface area contributed by atoms with Crippen LogP contribution in [0.1, 0.15) is 5.56 Å². The topological polar surface area (TPSA) is 43.8 Å². The summed E-state index contributed by atoms with van der Waals surface area (Å²) in [4.78, 5) is 4.78. The van der Waals surface area contributed by atoms with Gasteiger partial charge >= 0.3 is 0 Å². The molecule has 0 atom stereocenters. The third-order valence-electron chi connectivity index (χ3n) is 3.34. The largest absolute Gasteiger partial charge is 0.327 e. The number of nitrogens with two attached hydrogens (primary N) is 1. The summed E-state index contributed by atoms with van der Waals surface area (Å²) >= 11 is 7.04. The van der Waals surface area contributed by atoms with Gasteiger partial charge in [0.05, 0.1) is 11.0 Å². The van der Waals surface area contributed by atoms with Crippen molar-refractivity contribution in [1.29, 1.82) is 0 Å². The zero-order valence-electron chi connectivity index (χ0n) is 10.9. The molecule has 0 spiro atoms. The van der Waals surface area contributed by atoms with Crippen LogP contribution in [0.15, 0.2) is 45.3 Å². The van der Waals surface area contributed by atoms with Crippen molar-refractivity contribution in [1.82, 2.24) is 9.55 Å². The number of rotatable bonds is 2. The lowest BCUT2D eigenvalue weighted by Crippen LogP contribution is -1.97. The van der Waals surface area contributed by atoms with Gasteiger partial charge in [0.1, 0.15) is 5.82 Å². The van der Waals surface area contributed by atoms with Gasteiger partial charge in [-0.25, -0.2) is 4.98 Å². The molecule has 0 aliphatic heterocycles. The molecule has 3 rings (SSSR count). The minimum atomic E-state index is 0.496. The molecule has 0 bridgehead atoms. The predicted molar refractivity (Wildman–Crippen MR) is 89.4 cm³/mol. The van der Waals surface area contributed by atoms with Crippen molar-refractivity contribution in [2.24, 2.45) is 12.8 Å². The van der Waals surface area contributed by atoms with E-state index in [0.717, 1.165) is 36.9 Å². The molecular weight excluding hydrogens is 382 g/mol. The van der Waals surface area contributed by atoms with Crippen molar-refractivity contribution in [3.05, 3.63) is 50.9 Å². The smallest absolute Gasteiger partial charge is 0.140 e. The molecule has 0 amide bonds. The molecule has 0 saturated carbocycles. The predicted octanol–water partition coefficient (Wildman–Crippen LogP) is 4.22. The molecule has 0 fully saturated rings. The zero-order valence-corrected chi connectivity index (χ0v) is 14.1. The van der Waals surface area contributed by atoms with Crippen LogP contribution in [0.4, 0.5) is 0 Å². The Bertz CT molecular complexity index is 773. The minimum absolute atomic E-state index is 0.496. The Morgan fingerprint density at radius 3 is 2.50 bits per heavy atom. The van der Waals surface area contributed by atoms with Crippen molar-refractivity contribution < 1.29 is 0 Å². The van der Waals surface area contributed by atoms with Crippen LogP contribution >= 0.6 is 31.9 Å². The van der Waals surface area contributed by atoms with Gasteiger partial charge in [0, 0.05) is 28.1 Å². The van der Waals surface area contributed by atoms with E-state index in [2.05, 4.69) is 54.6 Å². The fourth-order valence-corrected chi connectivity index (χ4v) is 3.67. The number of hydrogen-bond donors (Lipinski definition) is 1. The molecule has 0 unspecified atom stereocenters. The average molecular weight is 395 g/mol. The maximum atomic E-state index is 5.80. The molecule has 1 aromatic heterocycles. The average Bonchev–Trinajstić information content (AvgIpc) is 2.75. The van der Waals surface area contributed by atoms with Gasteiger partial charge < -0.3 is 10.3 Å². The van der Waals surface area contributed by atoms with Crippen LogP contribution in [0.25, 0.3) is 22.4 Å². The van der Waals surface area contributed by atoms with E-state index in [1.165, 1.54) is 0 Å². The van der Waals surface area contributed by atoms with Gasteiger partial charge in [-0.15, -0.1) is 0 Å². The summed E-state index contributed by atoms with van der Waals surface area (Å²) in [7, 11) is 2.03. The molecule has 2 aromatic carbocycles. The highest BCUT2D eigenvalue weighted by atomic mass is 79.9. The number of benzene rings is 2. The number of aryl methyl sites for hydroxylation is 1. The quantitative estimate of drug-likeness (QED) is 0.706. The van der Waals surface area contributed by atoms with E-state index in [1.807, 2.05) is 25.2 Å². The summed E-state index contributed by atoms with van der Waals surface area (Å²) in [5.74, 6) is 0.933. The van der Waals surface area contributed by atoms with Crippen LogP contribution in [0.2, 0.25) is 0 Å². The Morgan fingerprint density at radius 1 is 1.15 bits per heavy atom. The highest BCUT2D eigenvalue weighted by Gasteiger charge is 2.12. The normalized spacial score (nSPS) is 11.2. The molecule has 0 aliphatic carbocycles. The van der Waals surface area contributed by atoms with E-state index in [-0.39, 0.29) is 0 Å². The summed E-state index contributed by atoms with van der Waals surface area (Å²) in [6, 6.07) is 12.3. The fourth-order valence-electron chi connectivity index (χ4n) is 2.38. The van der Waals surface area contributed by atoms with Crippen molar-refractivity contribution >= 4 is 42.9 Å². The second kappa shape index (κ2) is 5.31. The summed E-state index contributed by atoms with van der Waals surface area (Å²) < 4.78 is 4.14. The van der Waals surface area contributed by atoms with Gasteiger partial charge in [0.15, 0.2) is 0 Å². The van der Waals surface area contributed by atoms with E-state index < -0.39 is 0 Å². The molecule has 3 aromatic rings. The number of hydrogen-bond acceptors (Lipinski definition) is 2. The monoisotopic (exact) mass is 393 g/mol. The minimum Gasteiger partial charge on any atom is -0.327 e. The number of aromatic nitrogens is 2. The first kappa shape index (κ1) is 13.8. The van der Waals surface area contributed by atoms with Crippen molar-refractivity contribution in [2.75, 3.05) is 0 Å². The number of halogens is 2. The van der Waals surface area contributed by atoms with Crippen LogP contribution in [0.3, 0.4) is 0 Å². The van der Waals surface area contributed by atoms with Gasteiger partial charge in [-0.3, -0.25) is 0 Å². The molecular formula is C15H13Br2N3. The molecule has 0 aliphatic rings. The van der Waals surface area contributed by atoms with E-state index in [9.17, 15) is 0 Å². The Labute approximate surface area is 134 Å². The van der Waals surface area contributed by atoms with Crippen molar-refractivity contribution in [3.8, 4) is 11.4 Å². The molecule has 3 nitrogen and oxygen atoms in total. The number of fused-ring (bicyclic) bond motifs is 1. The SMILES string of the molecule is Cn1c(-c2cc(Br)cc(Br)c2)nc2c(CN)cccc21. The standard InChI is InChI=1S/C15H13Br2N3/c1-20-13-4-2-3-9(8-18)14(13)19-15(20)10-5-11(16)7-12(17)6-10/h2-7H,8,18H2,1H3. The third kappa shape index (κ3) is 2.30. The van der Waals surface area contributed by atoms with Crippen LogP contribution in [-0.4, -0.2) is 9.55 Å². The lowest BCUT2D eigenvalue weighted by atomic mass is 10.2. The molecule has 0 radical (unpaired) electrons. The van der Waals surface area contributed by atoms with Crippen LogP contribution in [0, 0.1) is 0 Å². The van der Waals surface area contributed by atoms with E-state index in [1.54, 1.807) is 0 Å². The first-order chi connectivity index (χ1) is 9.60. The Kier molecular flexibility index (Phi) is 3.67. The number of nitrogens with zero attached hydrogens (tertiary/aromatic N) is 2. The lowest BCUT2D eigenvalue weighted by Gasteiger charge is -2.04. The van der Waals surface area contributed by atoms with Crippen molar-refractivity contribution in [3.63, 3.8) is 0 Å². The zero-order chi connectivity index (χ0) is 14.3. The summed E-state index contributed by atoms with van der Waals surface area (Å²) in [5.41, 5.74) is 10.0. The fraction of sp³-hybridized carbons (Fsp3) is 0.133. The molecule has 1 heterocycles. The second-order valence-corrected chi connectivity index (χ2v) is 6.47. The summed E-state index contributed by atoms with van der Waals surface area (Å²) in [6.07, 6.45) is 0. The molecule has 0 saturated heterocycles. The lowest BCUT2D eigenvalue weighted by molar-refractivity contribution is 0.959. The van der Waals surface area contributed by atoms with E-state index >= 15 is 0 Å². The molecule has 2 N–H and O–H groups in total. The van der Waals surface area contributed by atoms with Gasteiger partial charge in [0.25, 0.3) is 0 Å². The van der Waals surface area contributed by atoms with Crippen LogP contribution in [-0.2, 0) is 13.6 Å². The Hall–Kier alpha value is -1.17. The van der Waals surface area contributed by atoms with E-state index in [4.69, 9.17) is 10.7 Å². The molecule has 20 heavy (non-hydrogen) atoms. The van der Waals surface area contributed by atoms with Gasteiger partial charge in [-0.1, -0.05) is 44.0 Å². The Morgan fingerprint density at radius 2 is 1.85 bits per heavy atom. The van der Waals surface area contributed by atoms with Crippen LogP contribution in [0.5, 0.6) is 0 Å². The summed E-state index contributed by atoms with van der Waals surface area (Å²) in [5, 5.41) is 0. The van der Waals surface area contributed by atoms with Gasteiger partial charge in [-0.05, 0) is 29.8 Å². The second-order valence-electron chi connectivity index (χ2n) is 4.64. The van der Waals surface area contributed by atoms with E-state index in [0.29, 0.717) is 6.54 Å². The summed E-state index contributed by atoms with van der Waals surface area (Å²) in [6.45, 7) is 0.496. The van der Waals surface area contributed by atoms with Gasteiger partial charge in [0.2, 0.25) is 0 Å². The molecule has 102 valence electrons. The highest BCUT2D eigenvalue weighted by Crippen LogP contribution is 2.30. The first-order valence-corrected chi connectivity index (χ1v) is 7.79. The highest BCUT2D eigenvalue weighted by molar-refractivity contribution is 9.11. The number of imidazole rings is 1. The first-order valence-electron chi connectivity index (χ1n) is 6.21. The number of para-hydroxylation sites is 1. The third-order valence-corrected chi connectivity index (χ3v) is 4.25. The Balaban J connectivity index is 2.29. The maximum Gasteiger partial charge on any atom is 0.140 e. The van der Waals surface area contributed by atoms with Crippen molar-refractivity contribution in [2.45, 2.75) is 6.54 Å².